The molecule has 8 nitrogen and oxygen atoms in total. The van der Waals surface area contributed by atoms with Crippen molar-refractivity contribution in [1.29, 1.82) is 0 Å². The monoisotopic (exact) mass is 586 g/mol. The van der Waals surface area contributed by atoms with Crippen LogP contribution < -0.4 is 19.5 Å². The number of ketones is 2. The van der Waals surface area contributed by atoms with Gasteiger partial charge in [0.2, 0.25) is 5.91 Å². The molecule has 0 unspecified atom stereocenters. The van der Waals surface area contributed by atoms with E-state index in [1.54, 1.807) is 42.5 Å². The first-order valence-electron chi connectivity index (χ1n) is 14.3. The zero-order valence-corrected chi connectivity index (χ0v) is 24.4. The summed E-state index contributed by atoms with van der Waals surface area (Å²) in [7, 11) is 4.51. The van der Waals surface area contributed by atoms with E-state index < -0.39 is 29.2 Å². The number of rotatable bonds is 7. The maximum atomic E-state index is 15.2. The summed E-state index contributed by atoms with van der Waals surface area (Å²) < 4.78 is 16.7. The quantitative estimate of drug-likeness (QED) is 0.278. The number of nitrogens with one attached hydrogen (secondary N) is 1. The number of Topliss-reactive ketones (excluding diaryl/α,β-unsaturated/α-hetero) is 2. The number of hydrogen-bond donors (Lipinski definition) is 1. The number of nitrogens with zero attached hydrogens (tertiary/aromatic N) is 1. The third-order valence-corrected chi connectivity index (χ3v) is 9.17. The van der Waals surface area contributed by atoms with Crippen LogP contribution in [0.4, 0.5) is 5.69 Å². The molecule has 3 aliphatic rings. The zero-order chi connectivity index (χ0) is 30.6. The number of carbonyl (C=O) groups excluding carboxylic acids is 3. The predicted octanol–water partition coefficient (Wildman–Crippen LogP) is 5.69. The molecule has 0 radical (unpaired) electrons. The minimum Gasteiger partial charge on any atom is -0.497 e. The lowest BCUT2D eigenvalue weighted by molar-refractivity contribution is -0.122. The number of para-hydroxylation sites is 2. The average Bonchev–Trinajstić information content (AvgIpc) is 3.55. The van der Waals surface area contributed by atoms with E-state index >= 15 is 4.79 Å². The molecule has 3 heterocycles. The Kier molecular flexibility index (Phi) is 6.50. The van der Waals surface area contributed by atoms with Crippen LogP contribution in [0.15, 0.2) is 97.2 Å². The van der Waals surface area contributed by atoms with Crippen molar-refractivity contribution in [1.82, 2.24) is 4.90 Å². The van der Waals surface area contributed by atoms with Crippen molar-refractivity contribution < 1.29 is 28.6 Å². The van der Waals surface area contributed by atoms with Crippen molar-refractivity contribution in [2.24, 2.45) is 5.92 Å². The fourth-order valence-corrected chi connectivity index (χ4v) is 7.35. The van der Waals surface area contributed by atoms with Gasteiger partial charge >= 0.3 is 0 Å². The Hall–Kier alpha value is -5.37. The standard InChI is InChI=1S/C36H30N2O6/c1-42-22-16-17-29(44-3)25(20-22)32(39)30-31(33(40)24-12-6-9-15-28(24)43-2)38-19-18-21-10-4-5-11-23(21)34(38)36(30)26-13-7-8-14-27(26)37-35(36)41/h4-20,30-31,34H,1-3H3,(H,37,41)/t30-,31+,34-,36-/m0/s1. The second kappa shape index (κ2) is 10.4. The van der Waals surface area contributed by atoms with E-state index in [0.717, 1.165) is 11.1 Å². The van der Waals surface area contributed by atoms with Gasteiger partial charge in [-0.05, 0) is 59.2 Å². The Balaban J connectivity index is 1.56. The predicted molar refractivity (Wildman–Crippen MR) is 165 cm³/mol. The molecule has 8 heteroatoms. The Morgan fingerprint density at radius 1 is 0.773 bits per heavy atom. The molecule has 0 aromatic heterocycles. The first-order valence-corrected chi connectivity index (χ1v) is 14.3. The van der Waals surface area contributed by atoms with Crippen LogP contribution in [0, 0.1) is 5.92 Å². The lowest BCUT2D eigenvalue weighted by Crippen LogP contribution is -2.49. The molecule has 0 saturated carbocycles. The summed E-state index contributed by atoms with van der Waals surface area (Å²) in [4.78, 5) is 46.7. The molecule has 4 aromatic carbocycles. The van der Waals surface area contributed by atoms with Crippen LogP contribution >= 0.6 is 0 Å². The Labute approximate surface area is 254 Å². The highest BCUT2D eigenvalue weighted by molar-refractivity contribution is 6.17. The molecule has 44 heavy (non-hydrogen) atoms. The van der Waals surface area contributed by atoms with Crippen LogP contribution in [0.5, 0.6) is 17.2 Å². The molecule has 7 rings (SSSR count). The van der Waals surface area contributed by atoms with Crippen LogP contribution in [0.2, 0.25) is 0 Å². The summed E-state index contributed by atoms with van der Waals surface area (Å²) in [5.74, 6) is -1.07. The molecule has 220 valence electrons. The number of fused-ring (bicyclic) bond motifs is 6. The Morgan fingerprint density at radius 3 is 2.27 bits per heavy atom. The SMILES string of the molecule is COc1ccc(OC)c(C(=O)[C@@H]2[C@H](C(=O)c3ccccc3OC)N3C=Cc4ccccc4[C@H]3[C@@]23C(=O)Nc2ccccc23)c1. The molecule has 1 N–H and O–H groups in total. The van der Waals surface area contributed by atoms with E-state index in [1.165, 1.54) is 21.3 Å². The topological polar surface area (TPSA) is 94.2 Å². The van der Waals surface area contributed by atoms with Gasteiger partial charge < -0.3 is 24.4 Å². The number of ether oxygens (including phenoxy) is 3. The van der Waals surface area contributed by atoms with Crippen molar-refractivity contribution in [2.75, 3.05) is 26.6 Å². The van der Waals surface area contributed by atoms with Crippen molar-refractivity contribution >= 4 is 29.2 Å². The molecular weight excluding hydrogens is 556 g/mol. The number of hydrogen-bond acceptors (Lipinski definition) is 7. The van der Waals surface area contributed by atoms with Crippen molar-refractivity contribution in [2.45, 2.75) is 17.5 Å². The van der Waals surface area contributed by atoms with E-state index in [0.29, 0.717) is 34.1 Å². The number of carbonyl (C=O) groups is 3. The summed E-state index contributed by atoms with van der Waals surface area (Å²) in [5.41, 5.74) is 2.14. The van der Waals surface area contributed by atoms with Crippen molar-refractivity contribution in [3.8, 4) is 17.2 Å². The maximum Gasteiger partial charge on any atom is 0.238 e. The van der Waals surface area contributed by atoms with Gasteiger partial charge in [0.25, 0.3) is 0 Å². The van der Waals surface area contributed by atoms with Gasteiger partial charge in [0.05, 0.1) is 44.4 Å². The number of amides is 1. The van der Waals surface area contributed by atoms with E-state index in [-0.39, 0.29) is 17.3 Å². The summed E-state index contributed by atoms with van der Waals surface area (Å²) in [6.45, 7) is 0. The van der Waals surface area contributed by atoms with Gasteiger partial charge in [0.15, 0.2) is 11.6 Å². The van der Waals surface area contributed by atoms with E-state index in [4.69, 9.17) is 14.2 Å². The molecule has 4 aromatic rings. The summed E-state index contributed by atoms with van der Waals surface area (Å²) in [6.07, 6.45) is 3.77. The second-order valence-electron chi connectivity index (χ2n) is 11.1. The van der Waals surface area contributed by atoms with E-state index in [1.807, 2.05) is 65.7 Å². The minimum absolute atomic E-state index is 0.225. The molecule has 1 spiro atoms. The lowest BCUT2D eigenvalue weighted by atomic mass is 9.62. The highest BCUT2D eigenvalue weighted by Crippen LogP contribution is 2.62. The van der Waals surface area contributed by atoms with Crippen LogP contribution in [-0.2, 0) is 10.2 Å². The molecule has 0 bridgehead atoms. The third-order valence-electron chi connectivity index (χ3n) is 9.17. The molecule has 1 fully saturated rings. The highest BCUT2D eigenvalue weighted by atomic mass is 16.5. The van der Waals surface area contributed by atoms with Gasteiger partial charge in [-0.1, -0.05) is 54.6 Å². The van der Waals surface area contributed by atoms with Crippen LogP contribution in [0.25, 0.3) is 6.08 Å². The summed E-state index contributed by atoms with van der Waals surface area (Å²) in [6, 6.07) is 25.4. The number of anilines is 1. The minimum atomic E-state index is -1.47. The van der Waals surface area contributed by atoms with Crippen LogP contribution in [0.3, 0.4) is 0 Å². The van der Waals surface area contributed by atoms with Gasteiger partial charge in [0, 0.05) is 11.9 Å². The fraction of sp³-hybridized carbons (Fsp3) is 0.194. The maximum absolute atomic E-state index is 15.2. The van der Waals surface area contributed by atoms with Crippen molar-refractivity contribution in [3.63, 3.8) is 0 Å². The summed E-state index contributed by atoms with van der Waals surface area (Å²) in [5, 5.41) is 3.07. The van der Waals surface area contributed by atoms with Gasteiger partial charge in [-0.25, -0.2) is 0 Å². The smallest absolute Gasteiger partial charge is 0.238 e. The first kappa shape index (κ1) is 27.5. The average molecular weight is 587 g/mol. The number of benzene rings is 4. The van der Waals surface area contributed by atoms with Crippen LogP contribution in [-0.4, -0.2) is 49.7 Å². The normalized spacial score (nSPS) is 22.6. The van der Waals surface area contributed by atoms with Gasteiger partial charge in [-0.3, -0.25) is 14.4 Å². The lowest BCUT2D eigenvalue weighted by Gasteiger charge is -2.38. The highest BCUT2D eigenvalue weighted by Gasteiger charge is 2.71. The molecule has 0 aliphatic carbocycles. The molecule has 1 amide bonds. The first-order chi connectivity index (χ1) is 21.4. The second-order valence-corrected chi connectivity index (χ2v) is 11.1. The van der Waals surface area contributed by atoms with Gasteiger partial charge in [-0.15, -0.1) is 0 Å². The third kappa shape index (κ3) is 3.73. The van der Waals surface area contributed by atoms with Crippen LogP contribution in [0.1, 0.15) is 43.4 Å². The molecule has 1 saturated heterocycles. The Bertz CT molecular complexity index is 1870. The number of methoxy groups -OCH3 is 3. The van der Waals surface area contributed by atoms with Crippen molar-refractivity contribution in [3.05, 3.63) is 125 Å². The van der Waals surface area contributed by atoms with E-state index in [2.05, 4.69) is 5.32 Å². The van der Waals surface area contributed by atoms with Gasteiger partial charge in [-0.2, -0.15) is 0 Å². The fourth-order valence-electron chi connectivity index (χ4n) is 7.35. The molecular formula is C36H30N2O6. The van der Waals surface area contributed by atoms with E-state index in [9.17, 15) is 9.59 Å². The Morgan fingerprint density at radius 2 is 1.48 bits per heavy atom. The zero-order valence-electron chi connectivity index (χ0n) is 24.4. The molecule has 4 atom stereocenters. The molecule has 3 aliphatic heterocycles. The van der Waals surface area contributed by atoms with Gasteiger partial charge in [0.1, 0.15) is 28.7 Å². The summed E-state index contributed by atoms with van der Waals surface area (Å²) >= 11 is 0. The largest absolute Gasteiger partial charge is 0.497 e.